The van der Waals surface area contributed by atoms with Gasteiger partial charge in [-0.25, -0.2) is 0 Å². The molecule has 3 nitrogen and oxygen atoms in total. The van der Waals surface area contributed by atoms with E-state index in [4.69, 9.17) is 5.11 Å². The van der Waals surface area contributed by atoms with Crippen molar-refractivity contribution in [2.24, 2.45) is 0 Å². The average molecular weight is 223 g/mol. The fourth-order valence-electron chi connectivity index (χ4n) is 1.69. The quantitative estimate of drug-likeness (QED) is 0.766. The summed E-state index contributed by atoms with van der Waals surface area (Å²) in [5.41, 5.74) is 0.936. The zero-order chi connectivity index (χ0) is 12.0. The lowest BCUT2D eigenvalue weighted by molar-refractivity contribution is 0.0691. The Morgan fingerprint density at radius 3 is 2.44 bits per heavy atom. The molecule has 0 radical (unpaired) electrons. The molecule has 0 aliphatic rings. The standard InChI is InChI=1S/C13H21NO2/c1-11(14(2)9-6-10-15)13(16)12-7-4-3-5-8-12/h3-5,7-8,11,13,15-16H,6,9-10H2,1-2H3. The molecule has 0 bridgehead atoms. The van der Waals surface area contributed by atoms with E-state index < -0.39 is 6.10 Å². The first-order chi connectivity index (χ1) is 7.66. The van der Waals surface area contributed by atoms with Crippen molar-refractivity contribution in [3.8, 4) is 0 Å². The van der Waals surface area contributed by atoms with E-state index in [-0.39, 0.29) is 12.6 Å². The minimum absolute atomic E-state index is 0.0500. The maximum Gasteiger partial charge on any atom is 0.0942 e. The second-order valence-electron chi connectivity index (χ2n) is 4.15. The van der Waals surface area contributed by atoms with Gasteiger partial charge < -0.3 is 15.1 Å². The van der Waals surface area contributed by atoms with Gasteiger partial charge in [0.2, 0.25) is 0 Å². The molecule has 16 heavy (non-hydrogen) atoms. The van der Waals surface area contributed by atoms with Crippen LogP contribution in [0.3, 0.4) is 0 Å². The number of hydrogen-bond acceptors (Lipinski definition) is 3. The van der Waals surface area contributed by atoms with Gasteiger partial charge in [0.1, 0.15) is 0 Å². The molecule has 0 aliphatic carbocycles. The van der Waals surface area contributed by atoms with E-state index in [1.165, 1.54) is 0 Å². The van der Waals surface area contributed by atoms with Crippen LogP contribution in [0, 0.1) is 0 Å². The van der Waals surface area contributed by atoms with Crippen molar-refractivity contribution in [3.63, 3.8) is 0 Å². The number of nitrogens with zero attached hydrogens (tertiary/aromatic N) is 1. The van der Waals surface area contributed by atoms with Crippen molar-refractivity contribution < 1.29 is 10.2 Å². The second kappa shape index (κ2) is 6.63. The third kappa shape index (κ3) is 3.59. The SMILES string of the molecule is CC(C(O)c1ccccc1)N(C)CCCO. The first kappa shape index (κ1) is 13.2. The molecule has 0 aliphatic heterocycles. The Kier molecular flexibility index (Phi) is 5.46. The van der Waals surface area contributed by atoms with Gasteiger partial charge in [0, 0.05) is 19.2 Å². The minimum atomic E-state index is -0.482. The van der Waals surface area contributed by atoms with Gasteiger partial charge in [-0.1, -0.05) is 30.3 Å². The Bertz CT molecular complexity index is 289. The molecule has 0 spiro atoms. The van der Waals surface area contributed by atoms with Crippen LogP contribution in [-0.4, -0.2) is 41.4 Å². The van der Waals surface area contributed by atoms with E-state index in [0.717, 1.165) is 18.5 Å². The van der Waals surface area contributed by atoms with Crippen LogP contribution in [0.1, 0.15) is 25.0 Å². The predicted octanol–water partition coefficient (Wildman–Crippen LogP) is 1.42. The van der Waals surface area contributed by atoms with E-state index in [2.05, 4.69) is 4.90 Å². The highest BCUT2D eigenvalue weighted by Gasteiger charge is 2.19. The number of likely N-dealkylation sites (N-methyl/N-ethyl adjacent to an activating group) is 1. The second-order valence-corrected chi connectivity index (χ2v) is 4.15. The van der Waals surface area contributed by atoms with Crippen molar-refractivity contribution in [3.05, 3.63) is 35.9 Å². The van der Waals surface area contributed by atoms with Gasteiger partial charge in [0.05, 0.1) is 6.10 Å². The molecule has 0 saturated carbocycles. The van der Waals surface area contributed by atoms with E-state index >= 15 is 0 Å². The smallest absolute Gasteiger partial charge is 0.0942 e. The van der Waals surface area contributed by atoms with Gasteiger partial charge in [-0.15, -0.1) is 0 Å². The molecular formula is C13H21NO2. The molecule has 2 N–H and O–H groups in total. The molecular weight excluding hydrogens is 202 g/mol. The highest BCUT2D eigenvalue weighted by Crippen LogP contribution is 2.19. The maximum atomic E-state index is 10.2. The number of rotatable bonds is 6. The molecule has 0 heterocycles. The number of aliphatic hydroxyl groups excluding tert-OH is 2. The van der Waals surface area contributed by atoms with Gasteiger partial charge >= 0.3 is 0 Å². The fourth-order valence-corrected chi connectivity index (χ4v) is 1.69. The molecule has 1 aromatic rings. The summed E-state index contributed by atoms with van der Waals surface area (Å²) >= 11 is 0. The van der Waals surface area contributed by atoms with Crippen LogP contribution in [0.5, 0.6) is 0 Å². The molecule has 0 saturated heterocycles. The van der Waals surface area contributed by atoms with Crippen LogP contribution < -0.4 is 0 Å². The summed E-state index contributed by atoms with van der Waals surface area (Å²) in [4.78, 5) is 2.06. The summed E-state index contributed by atoms with van der Waals surface area (Å²) in [5, 5.41) is 18.9. The lowest BCUT2D eigenvalue weighted by Gasteiger charge is -2.28. The molecule has 2 atom stereocenters. The molecule has 0 fully saturated rings. The van der Waals surface area contributed by atoms with Crippen LogP contribution in [-0.2, 0) is 0 Å². The van der Waals surface area contributed by atoms with E-state index in [0.29, 0.717) is 0 Å². The number of benzene rings is 1. The molecule has 1 rings (SSSR count). The molecule has 0 aromatic heterocycles. The molecule has 2 unspecified atom stereocenters. The highest BCUT2D eigenvalue weighted by atomic mass is 16.3. The highest BCUT2D eigenvalue weighted by molar-refractivity contribution is 5.18. The summed E-state index contributed by atoms with van der Waals surface area (Å²) in [6, 6.07) is 9.71. The maximum absolute atomic E-state index is 10.2. The Balaban J connectivity index is 2.56. The van der Waals surface area contributed by atoms with Gasteiger partial charge in [-0.2, -0.15) is 0 Å². The first-order valence-electron chi connectivity index (χ1n) is 5.71. The summed E-state index contributed by atoms with van der Waals surface area (Å²) in [5.74, 6) is 0. The molecule has 0 amide bonds. The summed E-state index contributed by atoms with van der Waals surface area (Å²) < 4.78 is 0. The summed E-state index contributed by atoms with van der Waals surface area (Å²) in [6.07, 6.45) is 0.257. The van der Waals surface area contributed by atoms with E-state index in [9.17, 15) is 5.11 Å². The minimum Gasteiger partial charge on any atom is -0.396 e. The third-order valence-corrected chi connectivity index (χ3v) is 2.96. The van der Waals surface area contributed by atoms with Crippen LogP contribution in [0.15, 0.2) is 30.3 Å². The Hall–Kier alpha value is -0.900. The normalized spacial score (nSPS) is 15.1. The summed E-state index contributed by atoms with van der Waals surface area (Å²) in [6.45, 7) is 2.98. The number of aliphatic hydroxyl groups is 2. The Morgan fingerprint density at radius 1 is 1.25 bits per heavy atom. The summed E-state index contributed by atoms with van der Waals surface area (Å²) in [7, 11) is 1.96. The van der Waals surface area contributed by atoms with Gasteiger partial charge in [-0.05, 0) is 26.0 Å². The van der Waals surface area contributed by atoms with Crippen LogP contribution in [0.2, 0.25) is 0 Å². The van der Waals surface area contributed by atoms with Gasteiger partial charge in [0.15, 0.2) is 0 Å². The van der Waals surface area contributed by atoms with E-state index in [1.54, 1.807) is 0 Å². The monoisotopic (exact) mass is 223 g/mol. The van der Waals surface area contributed by atoms with Crippen LogP contribution in [0.25, 0.3) is 0 Å². The van der Waals surface area contributed by atoms with Crippen LogP contribution in [0.4, 0.5) is 0 Å². The van der Waals surface area contributed by atoms with Crippen molar-refractivity contribution in [2.45, 2.75) is 25.5 Å². The fraction of sp³-hybridized carbons (Fsp3) is 0.538. The topological polar surface area (TPSA) is 43.7 Å². The van der Waals surface area contributed by atoms with Gasteiger partial charge in [-0.3, -0.25) is 0 Å². The van der Waals surface area contributed by atoms with Gasteiger partial charge in [0.25, 0.3) is 0 Å². The van der Waals surface area contributed by atoms with Crippen LogP contribution >= 0.6 is 0 Å². The average Bonchev–Trinajstić information content (AvgIpc) is 2.35. The molecule has 3 heteroatoms. The lowest BCUT2D eigenvalue weighted by atomic mass is 10.0. The first-order valence-corrected chi connectivity index (χ1v) is 5.71. The van der Waals surface area contributed by atoms with Crippen molar-refractivity contribution >= 4 is 0 Å². The predicted molar refractivity (Wildman–Crippen MR) is 65.2 cm³/mol. The van der Waals surface area contributed by atoms with Crippen molar-refractivity contribution in [2.75, 3.05) is 20.2 Å². The third-order valence-electron chi connectivity index (χ3n) is 2.96. The zero-order valence-electron chi connectivity index (χ0n) is 10.0. The molecule has 90 valence electrons. The molecule has 1 aromatic carbocycles. The van der Waals surface area contributed by atoms with E-state index in [1.807, 2.05) is 44.3 Å². The number of hydrogen-bond donors (Lipinski definition) is 2. The van der Waals surface area contributed by atoms with Crippen molar-refractivity contribution in [1.29, 1.82) is 0 Å². The Labute approximate surface area is 97.3 Å². The Morgan fingerprint density at radius 2 is 1.88 bits per heavy atom. The zero-order valence-corrected chi connectivity index (χ0v) is 10.0. The lowest BCUT2D eigenvalue weighted by Crippen LogP contribution is -2.35. The largest absolute Gasteiger partial charge is 0.396 e. The van der Waals surface area contributed by atoms with Crippen molar-refractivity contribution in [1.82, 2.24) is 4.90 Å².